The van der Waals surface area contributed by atoms with Crippen LogP contribution in [0.1, 0.15) is 45.1 Å². The number of hydrogen-bond donors (Lipinski definition) is 2. The summed E-state index contributed by atoms with van der Waals surface area (Å²) < 4.78 is 0. The second kappa shape index (κ2) is 8.89. The van der Waals surface area contributed by atoms with Crippen molar-refractivity contribution in [3.63, 3.8) is 0 Å². The summed E-state index contributed by atoms with van der Waals surface area (Å²) in [6.45, 7) is 4.10. The van der Waals surface area contributed by atoms with E-state index in [0.717, 1.165) is 31.8 Å². The third-order valence-electron chi connectivity index (χ3n) is 3.22. The largest absolute Gasteiger partial charge is 0.478 e. The average molecular weight is 290 g/mol. The Morgan fingerprint density at radius 3 is 2.81 bits per heavy atom. The maximum Gasteiger partial charge on any atom is 0.328 e. The van der Waals surface area contributed by atoms with Crippen molar-refractivity contribution in [1.29, 1.82) is 0 Å². The maximum atomic E-state index is 12.2. The Labute approximate surface area is 125 Å². The number of anilines is 1. The molecule has 0 bridgehead atoms. The molecule has 0 saturated carbocycles. The minimum atomic E-state index is -1.01. The van der Waals surface area contributed by atoms with Gasteiger partial charge in [0.25, 0.3) is 0 Å². The standard InChI is InChI=1S/C16H22N2O3/c1-3-5-6-13(4-2)16(21)18-14-11-12(9-10-17-14)7-8-15(19)20/h7-11,13H,3-6H2,1-2H3,(H,19,20)(H,17,18,21)/b8-7+. The molecule has 1 amide bonds. The number of aliphatic carboxylic acids is 1. The molecule has 0 aromatic carbocycles. The Morgan fingerprint density at radius 2 is 2.19 bits per heavy atom. The van der Waals surface area contributed by atoms with E-state index in [-0.39, 0.29) is 11.8 Å². The van der Waals surface area contributed by atoms with Gasteiger partial charge in [0.15, 0.2) is 0 Å². The normalized spacial score (nSPS) is 12.3. The van der Waals surface area contributed by atoms with Gasteiger partial charge < -0.3 is 10.4 Å². The summed E-state index contributed by atoms with van der Waals surface area (Å²) in [6.07, 6.45) is 7.83. The van der Waals surface area contributed by atoms with Crippen LogP contribution in [0.15, 0.2) is 24.4 Å². The van der Waals surface area contributed by atoms with Gasteiger partial charge in [0, 0.05) is 18.2 Å². The molecule has 5 heteroatoms. The number of unbranched alkanes of at least 4 members (excludes halogenated alkanes) is 1. The molecule has 0 spiro atoms. The van der Waals surface area contributed by atoms with E-state index >= 15 is 0 Å². The highest BCUT2D eigenvalue weighted by atomic mass is 16.4. The minimum Gasteiger partial charge on any atom is -0.478 e. The first-order chi connectivity index (χ1) is 10.1. The zero-order valence-electron chi connectivity index (χ0n) is 12.5. The Hall–Kier alpha value is -2.17. The highest BCUT2D eigenvalue weighted by Crippen LogP contribution is 2.16. The van der Waals surface area contributed by atoms with Crippen molar-refractivity contribution >= 4 is 23.8 Å². The molecule has 1 aromatic rings. The Morgan fingerprint density at radius 1 is 1.43 bits per heavy atom. The second-order valence-electron chi connectivity index (χ2n) is 4.88. The summed E-state index contributed by atoms with van der Waals surface area (Å²) in [4.78, 5) is 26.7. The molecule has 1 rings (SSSR count). The summed E-state index contributed by atoms with van der Waals surface area (Å²) in [7, 11) is 0. The molecule has 1 heterocycles. The number of hydrogen-bond acceptors (Lipinski definition) is 3. The molecule has 0 aliphatic heterocycles. The maximum absolute atomic E-state index is 12.2. The lowest BCUT2D eigenvalue weighted by molar-refractivity contribution is -0.131. The van der Waals surface area contributed by atoms with Crippen LogP contribution >= 0.6 is 0 Å². The monoisotopic (exact) mass is 290 g/mol. The van der Waals surface area contributed by atoms with Crippen LogP contribution in [0.3, 0.4) is 0 Å². The molecule has 21 heavy (non-hydrogen) atoms. The van der Waals surface area contributed by atoms with Crippen molar-refractivity contribution in [3.8, 4) is 0 Å². The van der Waals surface area contributed by atoms with Crippen LogP contribution in [0.25, 0.3) is 6.08 Å². The lowest BCUT2D eigenvalue weighted by Gasteiger charge is -2.14. The zero-order chi connectivity index (χ0) is 15.7. The SMILES string of the molecule is CCCCC(CC)C(=O)Nc1cc(/C=C/C(=O)O)ccn1. The van der Waals surface area contributed by atoms with Gasteiger partial charge in [0.1, 0.15) is 5.82 Å². The summed E-state index contributed by atoms with van der Waals surface area (Å²) >= 11 is 0. The summed E-state index contributed by atoms with van der Waals surface area (Å²) in [6, 6.07) is 3.34. The number of carboxylic acid groups (broad SMARTS) is 1. The molecule has 0 aliphatic rings. The van der Waals surface area contributed by atoms with E-state index in [1.54, 1.807) is 18.3 Å². The molecule has 0 radical (unpaired) electrons. The van der Waals surface area contributed by atoms with Gasteiger partial charge in [0.05, 0.1) is 0 Å². The Balaban J connectivity index is 2.71. The van der Waals surface area contributed by atoms with Gasteiger partial charge in [-0.1, -0.05) is 26.7 Å². The van der Waals surface area contributed by atoms with E-state index in [9.17, 15) is 9.59 Å². The molecule has 2 N–H and O–H groups in total. The van der Waals surface area contributed by atoms with Gasteiger partial charge in [0.2, 0.25) is 5.91 Å². The summed E-state index contributed by atoms with van der Waals surface area (Å²) in [5.74, 6) is -0.603. The van der Waals surface area contributed by atoms with Crippen LogP contribution < -0.4 is 5.32 Å². The first kappa shape index (κ1) is 16.9. The molecule has 5 nitrogen and oxygen atoms in total. The fourth-order valence-electron chi connectivity index (χ4n) is 1.99. The third-order valence-corrected chi connectivity index (χ3v) is 3.22. The van der Waals surface area contributed by atoms with E-state index in [2.05, 4.69) is 17.2 Å². The fourth-order valence-corrected chi connectivity index (χ4v) is 1.99. The van der Waals surface area contributed by atoms with Crippen LogP contribution in [-0.2, 0) is 9.59 Å². The number of nitrogens with one attached hydrogen (secondary N) is 1. The highest BCUT2D eigenvalue weighted by molar-refractivity contribution is 5.92. The summed E-state index contributed by atoms with van der Waals surface area (Å²) in [5, 5.41) is 11.4. The van der Waals surface area contributed by atoms with E-state index in [4.69, 9.17) is 5.11 Å². The number of aromatic nitrogens is 1. The number of rotatable bonds is 8. The smallest absolute Gasteiger partial charge is 0.328 e. The van der Waals surface area contributed by atoms with E-state index in [1.165, 1.54) is 6.08 Å². The predicted molar refractivity (Wildman–Crippen MR) is 82.8 cm³/mol. The number of nitrogens with zero attached hydrogens (tertiary/aromatic N) is 1. The van der Waals surface area contributed by atoms with Crippen LogP contribution in [-0.4, -0.2) is 22.0 Å². The first-order valence-corrected chi connectivity index (χ1v) is 7.24. The predicted octanol–water partition coefficient (Wildman–Crippen LogP) is 3.33. The molecule has 0 aliphatic carbocycles. The number of carbonyl (C=O) groups excluding carboxylic acids is 1. The fraction of sp³-hybridized carbons (Fsp3) is 0.438. The van der Waals surface area contributed by atoms with E-state index in [1.807, 2.05) is 6.92 Å². The van der Waals surface area contributed by atoms with Gasteiger partial charge in [-0.15, -0.1) is 0 Å². The van der Waals surface area contributed by atoms with Crippen LogP contribution in [0, 0.1) is 5.92 Å². The molecule has 1 atom stereocenters. The van der Waals surface area contributed by atoms with Crippen molar-refractivity contribution in [3.05, 3.63) is 30.0 Å². The van der Waals surface area contributed by atoms with Crippen molar-refractivity contribution < 1.29 is 14.7 Å². The number of amides is 1. The Bertz CT molecular complexity index is 512. The van der Waals surface area contributed by atoms with E-state index in [0.29, 0.717) is 11.4 Å². The molecule has 0 fully saturated rings. The van der Waals surface area contributed by atoms with E-state index < -0.39 is 5.97 Å². The average Bonchev–Trinajstić information content (AvgIpc) is 2.46. The van der Waals surface area contributed by atoms with Gasteiger partial charge in [-0.2, -0.15) is 0 Å². The number of carbonyl (C=O) groups is 2. The van der Waals surface area contributed by atoms with Crippen molar-refractivity contribution in [2.24, 2.45) is 5.92 Å². The molecule has 114 valence electrons. The Kier molecular flexibility index (Phi) is 7.15. The number of pyridine rings is 1. The lowest BCUT2D eigenvalue weighted by atomic mass is 9.98. The van der Waals surface area contributed by atoms with Gasteiger partial charge in [-0.25, -0.2) is 9.78 Å². The van der Waals surface area contributed by atoms with Crippen molar-refractivity contribution in [2.45, 2.75) is 39.5 Å². The molecular formula is C16H22N2O3. The molecule has 1 aromatic heterocycles. The van der Waals surface area contributed by atoms with Crippen LogP contribution in [0.4, 0.5) is 5.82 Å². The van der Waals surface area contributed by atoms with Gasteiger partial charge in [-0.3, -0.25) is 4.79 Å². The van der Waals surface area contributed by atoms with Crippen LogP contribution in [0.5, 0.6) is 0 Å². The zero-order valence-corrected chi connectivity index (χ0v) is 12.5. The topological polar surface area (TPSA) is 79.3 Å². The first-order valence-electron chi connectivity index (χ1n) is 7.24. The number of carboxylic acids is 1. The molecule has 0 saturated heterocycles. The minimum absolute atomic E-state index is 0.00929. The molecular weight excluding hydrogens is 268 g/mol. The third kappa shape index (κ3) is 6.21. The van der Waals surface area contributed by atoms with Crippen molar-refractivity contribution in [2.75, 3.05) is 5.32 Å². The second-order valence-corrected chi connectivity index (χ2v) is 4.88. The van der Waals surface area contributed by atoms with Gasteiger partial charge >= 0.3 is 5.97 Å². The summed E-state index contributed by atoms with van der Waals surface area (Å²) in [5.41, 5.74) is 0.685. The quantitative estimate of drug-likeness (QED) is 0.720. The highest BCUT2D eigenvalue weighted by Gasteiger charge is 2.16. The van der Waals surface area contributed by atoms with Crippen molar-refractivity contribution in [1.82, 2.24) is 4.98 Å². The molecule has 1 unspecified atom stereocenters. The van der Waals surface area contributed by atoms with Crippen LogP contribution in [0.2, 0.25) is 0 Å². The lowest BCUT2D eigenvalue weighted by Crippen LogP contribution is -2.22. The van der Waals surface area contributed by atoms with Gasteiger partial charge in [-0.05, 0) is 36.6 Å².